The van der Waals surface area contributed by atoms with E-state index < -0.39 is 0 Å². The number of nitrogens with zero attached hydrogens (tertiary/aromatic N) is 1. The van der Waals surface area contributed by atoms with Crippen LogP contribution < -0.4 is 10.1 Å². The molecule has 0 bridgehead atoms. The highest BCUT2D eigenvalue weighted by Gasteiger charge is 2.28. The molecule has 1 saturated heterocycles. The van der Waals surface area contributed by atoms with E-state index in [4.69, 9.17) is 4.74 Å². The van der Waals surface area contributed by atoms with Gasteiger partial charge in [-0.15, -0.1) is 0 Å². The molecule has 1 unspecified atom stereocenters. The van der Waals surface area contributed by atoms with E-state index >= 15 is 0 Å². The Balaban J connectivity index is 1.89. The number of benzene rings is 1. The van der Waals surface area contributed by atoms with Crippen LogP contribution in [0, 0.1) is 0 Å². The summed E-state index contributed by atoms with van der Waals surface area (Å²) in [5, 5.41) is 2.93. The van der Waals surface area contributed by atoms with Crippen LogP contribution in [0.15, 0.2) is 24.3 Å². The molecule has 1 aromatic carbocycles. The van der Waals surface area contributed by atoms with Crippen molar-refractivity contribution < 1.29 is 14.3 Å². The van der Waals surface area contributed by atoms with Crippen LogP contribution in [0.5, 0.6) is 5.75 Å². The number of carbonyl (C=O) groups is 2. The first-order chi connectivity index (χ1) is 11.0. The second kappa shape index (κ2) is 7.99. The third kappa shape index (κ3) is 4.98. The lowest BCUT2D eigenvalue weighted by Crippen LogP contribution is -2.46. The topological polar surface area (TPSA) is 58.6 Å². The van der Waals surface area contributed by atoms with Gasteiger partial charge in [0.05, 0.1) is 6.10 Å². The molecule has 126 valence electrons. The zero-order valence-corrected chi connectivity index (χ0v) is 14.2. The number of amides is 2. The smallest absolute Gasteiger partial charge is 0.243 e. The van der Waals surface area contributed by atoms with Crippen LogP contribution >= 0.6 is 0 Å². The van der Waals surface area contributed by atoms with Gasteiger partial charge in [-0.1, -0.05) is 18.6 Å². The summed E-state index contributed by atoms with van der Waals surface area (Å²) in [4.78, 5) is 25.8. The summed E-state index contributed by atoms with van der Waals surface area (Å²) in [5.41, 5.74) is 1.01. The maximum Gasteiger partial charge on any atom is 0.243 e. The lowest BCUT2D eigenvalue weighted by atomic mass is 10.1. The van der Waals surface area contributed by atoms with Crippen molar-refractivity contribution in [3.05, 3.63) is 29.8 Å². The summed E-state index contributed by atoms with van der Waals surface area (Å²) in [7, 11) is 1.72. The normalized spacial score (nSPS) is 18.7. The summed E-state index contributed by atoms with van der Waals surface area (Å²) < 4.78 is 5.60. The Kier molecular flexibility index (Phi) is 6.02. The Bertz CT molecular complexity index is 540. The molecule has 0 radical (unpaired) electrons. The molecule has 5 heteroatoms. The largest absolute Gasteiger partial charge is 0.491 e. The number of carbonyl (C=O) groups excluding carboxylic acids is 2. The summed E-state index contributed by atoms with van der Waals surface area (Å²) in [6.07, 6.45) is 3.19. The third-order valence-corrected chi connectivity index (χ3v) is 4.04. The van der Waals surface area contributed by atoms with Crippen LogP contribution in [-0.4, -0.2) is 35.9 Å². The molecule has 1 aliphatic heterocycles. The van der Waals surface area contributed by atoms with Gasteiger partial charge in [-0.3, -0.25) is 9.59 Å². The zero-order chi connectivity index (χ0) is 16.8. The highest BCUT2D eigenvalue weighted by Crippen LogP contribution is 2.17. The van der Waals surface area contributed by atoms with E-state index in [0.29, 0.717) is 13.0 Å². The fraction of sp³-hybridized carbons (Fsp3) is 0.556. The molecule has 1 heterocycles. The quantitative estimate of drug-likeness (QED) is 0.907. The Labute approximate surface area is 138 Å². The average molecular weight is 318 g/mol. The molecular weight excluding hydrogens is 292 g/mol. The maximum atomic E-state index is 12.4. The highest BCUT2D eigenvalue weighted by atomic mass is 16.5. The summed E-state index contributed by atoms with van der Waals surface area (Å²) in [6, 6.07) is 7.35. The van der Waals surface area contributed by atoms with E-state index in [1.165, 1.54) is 0 Å². The molecule has 1 aliphatic rings. The molecule has 0 aliphatic carbocycles. The van der Waals surface area contributed by atoms with Crippen LogP contribution in [-0.2, 0) is 16.1 Å². The number of hydrogen-bond acceptors (Lipinski definition) is 3. The Morgan fingerprint density at radius 2 is 2.00 bits per heavy atom. The van der Waals surface area contributed by atoms with Crippen LogP contribution in [0.4, 0.5) is 0 Å². The van der Waals surface area contributed by atoms with Gasteiger partial charge in [-0.2, -0.15) is 0 Å². The molecule has 0 saturated carbocycles. The molecule has 1 aromatic rings. The minimum atomic E-state index is -0.353. The third-order valence-electron chi connectivity index (χ3n) is 4.04. The van der Waals surface area contributed by atoms with Gasteiger partial charge >= 0.3 is 0 Å². The zero-order valence-electron chi connectivity index (χ0n) is 14.2. The minimum absolute atomic E-state index is 0.0536. The second-order valence-electron chi connectivity index (χ2n) is 6.29. The second-order valence-corrected chi connectivity index (χ2v) is 6.29. The molecule has 1 fully saturated rings. The molecule has 23 heavy (non-hydrogen) atoms. The molecular formula is C18H26N2O3. The number of rotatable bonds is 5. The van der Waals surface area contributed by atoms with Crippen molar-refractivity contribution in [1.29, 1.82) is 0 Å². The summed E-state index contributed by atoms with van der Waals surface area (Å²) in [5.74, 6) is 0.798. The van der Waals surface area contributed by atoms with Gasteiger partial charge in [0.1, 0.15) is 11.8 Å². The lowest BCUT2D eigenvalue weighted by Gasteiger charge is -2.25. The number of likely N-dealkylation sites (N-methyl/N-ethyl adjacent to an activating group) is 1. The first kappa shape index (κ1) is 17.3. The number of ether oxygens (including phenoxy) is 1. The van der Waals surface area contributed by atoms with Crippen molar-refractivity contribution in [3.63, 3.8) is 0 Å². The van der Waals surface area contributed by atoms with Gasteiger partial charge in [0.25, 0.3) is 0 Å². The van der Waals surface area contributed by atoms with E-state index in [9.17, 15) is 9.59 Å². The van der Waals surface area contributed by atoms with Gasteiger partial charge in [0, 0.05) is 20.0 Å². The SMILES string of the molecule is CC(C)Oc1ccc(CNC(=O)C2CCCCC(=O)N2C)cc1. The number of likely N-dealkylation sites (tertiary alicyclic amines) is 1. The van der Waals surface area contributed by atoms with Crippen LogP contribution in [0.3, 0.4) is 0 Å². The molecule has 1 atom stereocenters. The molecule has 0 spiro atoms. The Morgan fingerprint density at radius 1 is 1.30 bits per heavy atom. The first-order valence-electron chi connectivity index (χ1n) is 8.26. The molecule has 0 aromatic heterocycles. The minimum Gasteiger partial charge on any atom is -0.491 e. The standard InChI is InChI=1S/C18H26N2O3/c1-13(2)23-15-10-8-14(9-11-15)12-19-18(22)16-6-4-5-7-17(21)20(16)3/h8-11,13,16H,4-7,12H2,1-3H3,(H,19,22). The first-order valence-corrected chi connectivity index (χ1v) is 8.26. The van der Waals surface area contributed by atoms with Crippen molar-refractivity contribution in [3.8, 4) is 5.75 Å². The molecule has 2 rings (SSSR count). The molecule has 2 amide bonds. The average Bonchev–Trinajstić information content (AvgIpc) is 2.68. The van der Waals surface area contributed by atoms with E-state index in [0.717, 1.165) is 30.6 Å². The monoisotopic (exact) mass is 318 g/mol. The predicted octanol–water partition coefficient (Wildman–Crippen LogP) is 2.49. The van der Waals surface area contributed by atoms with Crippen molar-refractivity contribution in [2.24, 2.45) is 0 Å². The van der Waals surface area contributed by atoms with Crippen LogP contribution in [0.2, 0.25) is 0 Å². The fourth-order valence-electron chi connectivity index (χ4n) is 2.73. The van der Waals surface area contributed by atoms with Crippen LogP contribution in [0.1, 0.15) is 45.1 Å². The van der Waals surface area contributed by atoms with Crippen molar-refractivity contribution in [2.75, 3.05) is 7.05 Å². The van der Waals surface area contributed by atoms with Crippen LogP contribution in [0.25, 0.3) is 0 Å². The number of nitrogens with one attached hydrogen (secondary N) is 1. The van der Waals surface area contributed by atoms with Gasteiger partial charge in [0.2, 0.25) is 11.8 Å². The summed E-state index contributed by atoms with van der Waals surface area (Å²) in [6.45, 7) is 4.43. The molecule has 1 N–H and O–H groups in total. The predicted molar refractivity (Wildman–Crippen MR) is 89.1 cm³/mol. The van der Waals surface area contributed by atoms with Gasteiger partial charge in [0.15, 0.2) is 0 Å². The maximum absolute atomic E-state index is 12.4. The number of hydrogen-bond donors (Lipinski definition) is 1. The molecule has 5 nitrogen and oxygen atoms in total. The van der Waals surface area contributed by atoms with Crippen molar-refractivity contribution in [2.45, 2.75) is 58.2 Å². The van der Waals surface area contributed by atoms with Gasteiger partial charge in [-0.25, -0.2) is 0 Å². The van der Waals surface area contributed by atoms with E-state index in [1.807, 2.05) is 38.1 Å². The van der Waals surface area contributed by atoms with Crippen molar-refractivity contribution >= 4 is 11.8 Å². The Morgan fingerprint density at radius 3 is 2.65 bits per heavy atom. The van der Waals surface area contributed by atoms with Gasteiger partial charge in [-0.05, 0) is 44.4 Å². The van der Waals surface area contributed by atoms with Crippen molar-refractivity contribution in [1.82, 2.24) is 10.2 Å². The highest BCUT2D eigenvalue weighted by molar-refractivity contribution is 5.87. The van der Waals surface area contributed by atoms with Gasteiger partial charge < -0.3 is 15.0 Å². The lowest BCUT2D eigenvalue weighted by molar-refractivity contribution is -0.138. The van der Waals surface area contributed by atoms with E-state index in [2.05, 4.69) is 5.32 Å². The summed E-state index contributed by atoms with van der Waals surface area (Å²) >= 11 is 0. The van der Waals surface area contributed by atoms with E-state index in [1.54, 1.807) is 11.9 Å². The fourth-order valence-corrected chi connectivity index (χ4v) is 2.73. The van der Waals surface area contributed by atoms with E-state index in [-0.39, 0.29) is 24.0 Å². The Hall–Kier alpha value is -2.04.